The Hall–Kier alpha value is -2.30. The number of carbonyl (C=O) groups is 2. The van der Waals surface area contributed by atoms with Crippen LogP contribution in [-0.4, -0.2) is 31.3 Å². The van der Waals surface area contributed by atoms with Crippen LogP contribution < -0.4 is 4.74 Å². The zero-order chi connectivity index (χ0) is 14.4. The van der Waals surface area contributed by atoms with Crippen molar-refractivity contribution in [3.63, 3.8) is 0 Å². The first-order valence-electron chi connectivity index (χ1n) is 5.64. The Morgan fingerprint density at radius 1 is 1.16 bits per heavy atom. The Kier molecular flexibility index (Phi) is 5.11. The Bertz CT molecular complexity index is 499. The van der Waals surface area contributed by atoms with E-state index in [0.717, 1.165) is 18.4 Å². The minimum Gasteiger partial charge on any atom is -0.497 e. The van der Waals surface area contributed by atoms with E-state index >= 15 is 0 Å². The molecule has 1 rings (SSSR count). The summed E-state index contributed by atoms with van der Waals surface area (Å²) < 4.78 is 9.51. The molecule has 5 heteroatoms. The summed E-state index contributed by atoms with van der Waals surface area (Å²) in [6, 6.07) is 7.19. The van der Waals surface area contributed by atoms with E-state index < -0.39 is 11.9 Å². The highest BCUT2D eigenvalue weighted by Crippen LogP contribution is 2.17. The molecular formula is C14H16O5. The molecule has 0 unspecified atom stereocenters. The topological polar surface area (TPSA) is 72.8 Å². The number of benzene rings is 1. The highest BCUT2D eigenvalue weighted by molar-refractivity contribution is 6.13. The molecule has 0 saturated heterocycles. The van der Waals surface area contributed by atoms with Crippen LogP contribution in [0.15, 0.2) is 35.4 Å². The number of ether oxygens (including phenoxy) is 2. The SMILES string of the molecule is COC(=O)C(C(=O)O)=C(C)Cc1ccc(OC)cc1. The molecule has 0 amide bonds. The predicted molar refractivity (Wildman–Crippen MR) is 69.0 cm³/mol. The number of carboxylic acid groups (broad SMARTS) is 1. The fourth-order valence-corrected chi connectivity index (χ4v) is 1.68. The second kappa shape index (κ2) is 6.58. The quantitative estimate of drug-likeness (QED) is 0.380. The third-order valence-corrected chi connectivity index (χ3v) is 2.66. The maximum absolute atomic E-state index is 11.4. The molecule has 0 aliphatic rings. The minimum atomic E-state index is -1.28. The Balaban J connectivity index is 2.99. The molecular weight excluding hydrogens is 248 g/mol. The van der Waals surface area contributed by atoms with Crippen LogP contribution in [0.5, 0.6) is 5.75 Å². The van der Waals surface area contributed by atoms with Crippen molar-refractivity contribution in [3.05, 3.63) is 41.0 Å². The summed E-state index contributed by atoms with van der Waals surface area (Å²) in [7, 11) is 2.73. The van der Waals surface area contributed by atoms with Gasteiger partial charge in [0.1, 0.15) is 11.3 Å². The average Bonchev–Trinajstić information content (AvgIpc) is 2.39. The molecule has 0 aromatic heterocycles. The molecule has 1 aromatic carbocycles. The third kappa shape index (κ3) is 3.84. The molecule has 0 aliphatic heterocycles. The molecule has 19 heavy (non-hydrogen) atoms. The number of hydrogen-bond acceptors (Lipinski definition) is 4. The van der Waals surface area contributed by atoms with Crippen molar-refractivity contribution in [1.82, 2.24) is 0 Å². The first-order valence-corrected chi connectivity index (χ1v) is 5.64. The smallest absolute Gasteiger partial charge is 0.345 e. The maximum atomic E-state index is 11.4. The van der Waals surface area contributed by atoms with Crippen LogP contribution >= 0.6 is 0 Å². The molecule has 5 nitrogen and oxygen atoms in total. The van der Waals surface area contributed by atoms with E-state index in [-0.39, 0.29) is 5.57 Å². The largest absolute Gasteiger partial charge is 0.497 e. The van der Waals surface area contributed by atoms with Gasteiger partial charge in [0, 0.05) is 0 Å². The molecule has 1 N–H and O–H groups in total. The summed E-state index contributed by atoms with van der Waals surface area (Å²) >= 11 is 0. The van der Waals surface area contributed by atoms with E-state index in [0.29, 0.717) is 12.0 Å². The normalized spacial score (nSPS) is 11.5. The predicted octanol–water partition coefficient (Wildman–Crippen LogP) is 1.81. The van der Waals surface area contributed by atoms with Crippen LogP contribution in [0, 0.1) is 0 Å². The summed E-state index contributed by atoms with van der Waals surface area (Å²) in [5.74, 6) is -1.40. The number of carboxylic acids is 1. The highest BCUT2D eigenvalue weighted by Gasteiger charge is 2.21. The van der Waals surface area contributed by atoms with Crippen molar-refractivity contribution in [2.45, 2.75) is 13.3 Å². The number of methoxy groups -OCH3 is 2. The first-order chi connectivity index (χ1) is 8.99. The molecule has 0 radical (unpaired) electrons. The molecule has 1 aromatic rings. The summed E-state index contributed by atoms with van der Waals surface area (Å²) in [6.45, 7) is 1.60. The van der Waals surface area contributed by atoms with Crippen molar-refractivity contribution in [1.29, 1.82) is 0 Å². The van der Waals surface area contributed by atoms with Crippen molar-refractivity contribution in [3.8, 4) is 5.75 Å². The standard InChI is InChI=1S/C14H16O5/c1-9(12(13(15)16)14(17)19-3)8-10-4-6-11(18-2)7-5-10/h4-7H,8H2,1-3H3,(H,15,16). The fourth-order valence-electron chi connectivity index (χ4n) is 1.68. The molecule has 0 saturated carbocycles. The van der Waals surface area contributed by atoms with Gasteiger partial charge in [-0.1, -0.05) is 12.1 Å². The van der Waals surface area contributed by atoms with E-state index in [1.54, 1.807) is 26.2 Å². The fraction of sp³-hybridized carbons (Fsp3) is 0.286. The number of aliphatic carboxylic acids is 1. The molecule has 102 valence electrons. The van der Waals surface area contributed by atoms with Gasteiger partial charge in [-0.2, -0.15) is 0 Å². The van der Waals surface area contributed by atoms with Crippen molar-refractivity contribution >= 4 is 11.9 Å². The highest BCUT2D eigenvalue weighted by atomic mass is 16.5. The minimum absolute atomic E-state index is 0.321. The van der Waals surface area contributed by atoms with Gasteiger partial charge in [-0.25, -0.2) is 9.59 Å². The lowest BCUT2D eigenvalue weighted by Crippen LogP contribution is -2.16. The van der Waals surface area contributed by atoms with Gasteiger partial charge in [0.15, 0.2) is 0 Å². The average molecular weight is 264 g/mol. The van der Waals surface area contributed by atoms with E-state index in [9.17, 15) is 9.59 Å². The van der Waals surface area contributed by atoms with Crippen molar-refractivity contribution in [2.24, 2.45) is 0 Å². The number of carbonyl (C=O) groups excluding carboxylic acids is 1. The molecule has 0 heterocycles. The van der Waals surface area contributed by atoms with Gasteiger partial charge in [-0.3, -0.25) is 0 Å². The van der Waals surface area contributed by atoms with Crippen LogP contribution in [0.4, 0.5) is 0 Å². The Morgan fingerprint density at radius 3 is 2.16 bits per heavy atom. The van der Waals surface area contributed by atoms with Gasteiger partial charge in [-0.15, -0.1) is 0 Å². The van der Waals surface area contributed by atoms with Crippen LogP contribution in [-0.2, 0) is 20.7 Å². The second-order valence-electron chi connectivity index (χ2n) is 3.98. The summed E-state index contributed by atoms with van der Waals surface area (Å²) in [5, 5.41) is 9.03. The van der Waals surface area contributed by atoms with Crippen molar-refractivity contribution < 1.29 is 24.2 Å². The van der Waals surface area contributed by atoms with Gasteiger partial charge in [0.05, 0.1) is 14.2 Å². The molecule has 0 bridgehead atoms. The summed E-state index contributed by atoms with van der Waals surface area (Å²) in [4.78, 5) is 22.5. The monoisotopic (exact) mass is 264 g/mol. The van der Waals surface area contributed by atoms with Gasteiger partial charge in [-0.05, 0) is 36.6 Å². The van der Waals surface area contributed by atoms with E-state index in [1.807, 2.05) is 12.1 Å². The van der Waals surface area contributed by atoms with E-state index in [4.69, 9.17) is 9.84 Å². The Morgan fingerprint density at radius 2 is 1.74 bits per heavy atom. The Labute approximate surface area is 111 Å². The number of rotatable bonds is 5. The number of allylic oxidation sites excluding steroid dienone is 1. The number of hydrogen-bond donors (Lipinski definition) is 1. The zero-order valence-corrected chi connectivity index (χ0v) is 11.1. The van der Waals surface area contributed by atoms with E-state index in [1.165, 1.54) is 0 Å². The summed E-state index contributed by atoms with van der Waals surface area (Å²) in [6.07, 6.45) is 0.362. The zero-order valence-electron chi connectivity index (χ0n) is 11.1. The third-order valence-electron chi connectivity index (χ3n) is 2.66. The van der Waals surface area contributed by atoms with Crippen LogP contribution in [0.25, 0.3) is 0 Å². The molecule has 0 spiro atoms. The second-order valence-corrected chi connectivity index (χ2v) is 3.98. The lowest BCUT2D eigenvalue weighted by atomic mass is 10.0. The van der Waals surface area contributed by atoms with Gasteiger partial charge in [0.2, 0.25) is 0 Å². The molecule has 0 fully saturated rings. The molecule has 0 aliphatic carbocycles. The number of esters is 1. The summed E-state index contributed by atoms with van der Waals surface area (Å²) in [5.41, 5.74) is 1.02. The van der Waals surface area contributed by atoms with Gasteiger partial charge in [0.25, 0.3) is 0 Å². The van der Waals surface area contributed by atoms with E-state index in [2.05, 4.69) is 4.74 Å². The van der Waals surface area contributed by atoms with Crippen LogP contribution in [0.1, 0.15) is 12.5 Å². The van der Waals surface area contributed by atoms with Crippen LogP contribution in [0.2, 0.25) is 0 Å². The van der Waals surface area contributed by atoms with Crippen LogP contribution in [0.3, 0.4) is 0 Å². The van der Waals surface area contributed by atoms with Gasteiger partial charge < -0.3 is 14.6 Å². The molecule has 0 atom stereocenters. The maximum Gasteiger partial charge on any atom is 0.345 e. The van der Waals surface area contributed by atoms with Crippen molar-refractivity contribution in [2.75, 3.05) is 14.2 Å². The lowest BCUT2D eigenvalue weighted by Gasteiger charge is -2.07. The first kappa shape index (κ1) is 14.8. The lowest BCUT2D eigenvalue weighted by molar-refractivity contribution is -0.142. The van der Waals surface area contributed by atoms with Gasteiger partial charge >= 0.3 is 11.9 Å².